The van der Waals surface area contributed by atoms with Crippen molar-refractivity contribution < 1.29 is 14.3 Å². The molecule has 3 heterocycles. The van der Waals surface area contributed by atoms with Crippen molar-refractivity contribution in [1.82, 2.24) is 14.0 Å². The van der Waals surface area contributed by atoms with Crippen LogP contribution in [0.15, 0.2) is 30.3 Å². The Morgan fingerprint density at radius 3 is 2.56 bits per heavy atom. The van der Waals surface area contributed by atoms with Crippen LogP contribution in [0.5, 0.6) is 5.75 Å². The topological polar surface area (TPSA) is 82.5 Å². The molecule has 2 aromatic heterocycles. The predicted octanol–water partition coefficient (Wildman–Crippen LogP) is 1.82. The van der Waals surface area contributed by atoms with E-state index in [1.54, 1.807) is 11.7 Å². The van der Waals surface area contributed by atoms with Crippen LogP contribution in [-0.4, -0.2) is 39.5 Å². The molecule has 1 aliphatic heterocycles. The lowest BCUT2D eigenvalue weighted by Gasteiger charge is -2.28. The zero-order valence-electron chi connectivity index (χ0n) is 15.7. The van der Waals surface area contributed by atoms with Crippen LogP contribution in [0.4, 0.5) is 0 Å². The predicted molar refractivity (Wildman–Crippen MR) is 102 cm³/mol. The third kappa shape index (κ3) is 2.66. The molecular formula is C20H22N4O3. The number of hydrogen-bond donors (Lipinski definition) is 1. The highest BCUT2D eigenvalue weighted by atomic mass is 16.5. The summed E-state index contributed by atoms with van der Waals surface area (Å²) < 4.78 is 8.98. The van der Waals surface area contributed by atoms with Crippen molar-refractivity contribution in [3.63, 3.8) is 0 Å². The Kier molecular flexibility index (Phi) is 3.95. The van der Waals surface area contributed by atoms with Crippen molar-refractivity contribution in [2.75, 3.05) is 13.7 Å². The molecule has 0 atom stereocenters. The number of rotatable bonds is 3. The zero-order chi connectivity index (χ0) is 19.3. The van der Waals surface area contributed by atoms with Crippen molar-refractivity contribution in [2.45, 2.75) is 13.0 Å². The van der Waals surface area contributed by atoms with Gasteiger partial charge >= 0.3 is 0 Å². The van der Waals surface area contributed by atoms with Gasteiger partial charge in [-0.2, -0.15) is 0 Å². The maximum Gasteiger partial charge on any atom is 0.270 e. The van der Waals surface area contributed by atoms with Gasteiger partial charge in [0, 0.05) is 37.2 Å². The second kappa shape index (κ2) is 6.19. The number of methoxy groups -OCH3 is 1. The third-order valence-corrected chi connectivity index (χ3v) is 5.45. The van der Waals surface area contributed by atoms with Crippen molar-refractivity contribution in [3.05, 3.63) is 53.0 Å². The molecule has 1 aromatic carbocycles. The Balaban J connectivity index is 1.67. The fraction of sp³-hybridized carbons (Fsp3) is 0.300. The number of nitrogens with zero attached hydrogens (tertiary/aromatic N) is 3. The monoisotopic (exact) mass is 366 g/mol. The van der Waals surface area contributed by atoms with Crippen molar-refractivity contribution in [1.29, 1.82) is 0 Å². The fourth-order valence-electron chi connectivity index (χ4n) is 3.88. The summed E-state index contributed by atoms with van der Waals surface area (Å²) in [6.45, 7) is 1.07. The summed E-state index contributed by atoms with van der Waals surface area (Å²) in [5, 5.41) is 0.966. The molecule has 0 bridgehead atoms. The van der Waals surface area contributed by atoms with E-state index < -0.39 is 5.91 Å². The van der Waals surface area contributed by atoms with E-state index in [0.29, 0.717) is 30.9 Å². The lowest BCUT2D eigenvalue weighted by molar-refractivity contribution is 0.0721. The Morgan fingerprint density at radius 1 is 1.07 bits per heavy atom. The van der Waals surface area contributed by atoms with Gasteiger partial charge < -0.3 is 24.5 Å². The number of carbonyl (C=O) groups is 2. The highest BCUT2D eigenvalue weighted by Gasteiger charge is 2.27. The summed E-state index contributed by atoms with van der Waals surface area (Å²) >= 11 is 0. The summed E-state index contributed by atoms with van der Waals surface area (Å²) in [5.74, 6) is 0.282. The number of carbonyl (C=O) groups excluding carboxylic acids is 2. The van der Waals surface area contributed by atoms with Gasteiger partial charge in [0.15, 0.2) is 0 Å². The summed E-state index contributed by atoms with van der Waals surface area (Å²) in [5.41, 5.74) is 9.57. The molecule has 0 aliphatic carbocycles. The molecule has 0 unspecified atom stereocenters. The number of ether oxygens (including phenoxy) is 1. The number of hydrogen-bond acceptors (Lipinski definition) is 3. The number of benzene rings is 1. The van der Waals surface area contributed by atoms with E-state index in [2.05, 4.69) is 0 Å². The van der Waals surface area contributed by atoms with Crippen LogP contribution in [0.2, 0.25) is 0 Å². The zero-order valence-corrected chi connectivity index (χ0v) is 15.7. The number of amides is 2. The normalized spacial score (nSPS) is 13.7. The summed E-state index contributed by atoms with van der Waals surface area (Å²) in [6, 6.07) is 9.50. The van der Waals surface area contributed by atoms with E-state index >= 15 is 0 Å². The van der Waals surface area contributed by atoms with Crippen LogP contribution in [0, 0.1) is 0 Å². The lowest BCUT2D eigenvalue weighted by Crippen LogP contribution is -2.37. The van der Waals surface area contributed by atoms with Crippen molar-refractivity contribution in [2.24, 2.45) is 19.8 Å². The van der Waals surface area contributed by atoms with E-state index in [9.17, 15) is 9.59 Å². The van der Waals surface area contributed by atoms with Gasteiger partial charge in [0.25, 0.3) is 11.8 Å². The number of aromatic nitrogens is 2. The average molecular weight is 366 g/mol. The van der Waals surface area contributed by atoms with E-state index in [-0.39, 0.29) is 5.91 Å². The molecule has 27 heavy (non-hydrogen) atoms. The second-order valence-electron chi connectivity index (χ2n) is 6.91. The molecule has 4 rings (SSSR count). The summed E-state index contributed by atoms with van der Waals surface area (Å²) in [6.07, 6.45) is 0.708. The maximum atomic E-state index is 13.2. The van der Waals surface area contributed by atoms with E-state index in [4.69, 9.17) is 10.5 Å². The average Bonchev–Trinajstić information content (AvgIpc) is 3.18. The molecule has 0 radical (unpaired) electrons. The second-order valence-corrected chi connectivity index (χ2v) is 6.91. The molecule has 7 heteroatoms. The van der Waals surface area contributed by atoms with Crippen LogP contribution >= 0.6 is 0 Å². The Bertz CT molecular complexity index is 1080. The smallest absolute Gasteiger partial charge is 0.270 e. The molecule has 3 aromatic rings. The minimum Gasteiger partial charge on any atom is -0.497 e. The van der Waals surface area contributed by atoms with Crippen LogP contribution < -0.4 is 10.5 Å². The first-order valence-electron chi connectivity index (χ1n) is 8.80. The summed E-state index contributed by atoms with van der Waals surface area (Å²) in [4.78, 5) is 26.6. The highest BCUT2D eigenvalue weighted by Crippen LogP contribution is 2.27. The van der Waals surface area contributed by atoms with Gasteiger partial charge in [-0.25, -0.2) is 0 Å². The molecule has 0 spiro atoms. The van der Waals surface area contributed by atoms with Gasteiger partial charge in [-0.1, -0.05) is 0 Å². The molecule has 7 nitrogen and oxygen atoms in total. The Morgan fingerprint density at radius 2 is 1.85 bits per heavy atom. The molecule has 2 amide bonds. The van der Waals surface area contributed by atoms with E-state index in [0.717, 1.165) is 27.9 Å². The van der Waals surface area contributed by atoms with Gasteiger partial charge in [0.2, 0.25) is 0 Å². The van der Waals surface area contributed by atoms with Gasteiger partial charge in [0.05, 0.1) is 13.7 Å². The third-order valence-electron chi connectivity index (χ3n) is 5.45. The molecule has 0 saturated heterocycles. The summed E-state index contributed by atoms with van der Waals surface area (Å²) in [7, 11) is 5.34. The van der Waals surface area contributed by atoms with Gasteiger partial charge in [-0.15, -0.1) is 0 Å². The van der Waals surface area contributed by atoms with Crippen LogP contribution in [-0.2, 0) is 27.1 Å². The molecule has 0 saturated carbocycles. The SMILES string of the molecule is COc1ccc2c(c1)cc(C(=O)N1CCc3cc(C(N)=O)n(C)c3C1)n2C. The van der Waals surface area contributed by atoms with Crippen LogP contribution in [0.25, 0.3) is 10.9 Å². The van der Waals surface area contributed by atoms with E-state index in [1.807, 2.05) is 53.9 Å². The minimum absolute atomic E-state index is 0.0276. The quantitative estimate of drug-likeness (QED) is 0.768. The van der Waals surface area contributed by atoms with Crippen LogP contribution in [0.1, 0.15) is 32.2 Å². The molecule has 2 N–H and O–H groups in total. The lowest BCUT2D eigenvalue weighted by atomic mass is 10.1. The minimum atomic E-state index is -0.451. The molecule has 140 valence electrons. The number of nitrogens with two attached hydrogens (primary N) is 1. The number of fused-ring (bicyclic) bond motifs is 2. The van der Waals surface area contributed by atoms with Gasteiger partial charge in [-0.05, 0) is 42.3 Å². The van der Waals surface area contributed by atoms with Gasteiger partial charge in [0.1, 0.15) is 17.1 Å². The standard InChI is InChI=1S/C20H22N4O3/c1-22-15-5-4-14(27-3)8-13(15)10-17(22)20(26)24-7-6-12-9-16(19(21)25)23(2)18(12)11-24/h4-5,8-10H,6-7,11H2,1-3H3,(H2,21,25). The van der Waals surface area contributed by atoms with Crippen molar-refractivity contribution in [3.8, 4) is 5.75 Å². The van der Waals surface area contributed by atoms with Crippen molar-refractivity contribution >= 4 is 22.7 Å². The van der Waals surface area contributed by atoms with E-state index in [1.165, 1.54) is 0 Å². The fourth-order valence-corrected chi connectivity index (χ4v) is 3.88. The largest absolute Gasteiger partial charge is 0.497 e. The maximum absolute atomic E-state index is 13.2. The first-order chi connectivity index (χ1) is 12.9. The Labute approximate surface area is 156 Å². The van der Waals surface area contributed by atoms with Gasteiger partial charge in [-0.3, -0.25) is 9.59 Å². The molecule has 0 fully saturated rings. The molecular weight excluding hydrogens is 344 g/mol. The first-order valence-corrected chi connectivity index (χ1v) is 8.80. The first kappa shape index (κ1) is 17.2. The molecule has 1 aliphatic rings. The Hall–Kier alpha value is -3.22. The number of primary amides is 1. The number of aryl methyl sites for hydroxylation is 1. The van der Waals surface area contributed by atoms with Crippen LogP contribution in [0.3, 0.4) is 0 Å². The highest BCUT2D eigenvalue weighted by molar-refractivity contribution is 5.99.